The third-order valence-electron chi connectivity index (χ3n) is 1.70. The van der Waals surface area contributed by atoms with E-state index in [1.807, 2.05) is 36.4 Å². The van der Waals surface area contributed by atoms with Gasteiger partial charge in [0.2, 0.25) is 0 Å². The summed E-state index contributed by atoms with van der Waals surface area (Å²) in [4.78, 5) is 0. The Kier molecular flexibility index (Phi) is 3.35. The summed E-state index contributed by atoms with van der Waals surface area (Å²) in [5.41, 5.74) is 1.13. The fraction of sp³-hybridized carbons (Fsp3) is 0. The topological polar surface area (TPSA) is 0 Å². The molecule has 3 heteroatoms. The van der Waals surface area contributed by atoms with Crippen molar-refractivity contribution in [2.75, 3.05) is 0 Å². The van der Waals surface area contributed by atoms with Gasteiger partial charge in [0.1, 0.15) is 0 Å². The summed E-state index contributed by atoms with van der Waals surface area (Å²) in [5.74, 6) is 0. The summed E-state index contributed by atoms with van der Waals surface area (Å²) in [6, 6.07) is 14.2. The Hall–Kier alpha value is -0.640. The molecule has 0 atom stereocenters. The highest BCUT2D eigenvalue weighted by atomic mass is 32.2. The predicted octanol–water partition coefficient (Wildman–Crippen LogP) is 4.22. The summed E-state index contributed by atoms with van der Waals surface area (Å²) < 4.78 is 2.19. The van der Waals surface area contributed by atoms with E-state index in [0.29, 0.717) is 0 Å². The highest BCUT2D eigenvalue weighted by Gasteiger charge is 2.02. The van der Waals surface area contributed by atoms with Gasteiger partial charge in [-0.1, -0.05) is 60.4 Å². The lowest BCUT2D eigenvalue weighted by molar-refractivity contribution is 1.68. The van der Waals surface area contributed by atoms with E-state index in [2.05, 4.69) is 11.4 Å². The van der Waals surface area contributed by atoms with Crippen LogP contribution >= 0.6 is 35.3 Å². The first kappa shape index (κ1) is 9.90. The lowest BCUT2D eigenvalue weighted by Gasteiger charge is -2.00. The molecule has 0 amide bonds. The van der Waals surface area contributed by atoms with Gasteiger partial charge in [0.15, 0.2) is 0 Å². The molecule has 0 N–H and O–H groups in total. The molecule has 0 nitrogen and oxygen atoms in total. The molecule has 0 saturated heterocycles. The van der Waals surface area contributed by atoms with Crippen LogP contribution in [0.25, 0.3) is 0 Å². The van der Waals surface area contributed by atoms with Crippen LogP contribution in [-0.2, 0) is 0 Å². The summed E-state index contributed by atoms with van der Waals surface area (Å²) in [6.45, 7) is 0. The van der Waals surface area contributed by atoms with Crippen LogP contribution in [0.5, 0.6) is 0 Å². The molecule has 0 aliphatic rings. The van der Waals surface area contributed by atoms with Gasteiger partial charge in [0.05, 0.1) is 8.41 Å². The average molecular weight is 236 g/mol. The minimum atomic E-state index is 0.938. The summed E-state index contributed by atoms with van der Waals surface area (Å²) in [7, 11) is 0. The second-order valence-corrected chi connectivity index (χ2v) is 5.61. The molecular weight excluding hydrogens is 228 g/mol. The molecule has 0 spiro atoms. The number of thiocarbonyl (C=S) groups is 1. The minimum Gasteiger partial charge on any atom is -0.137 e. The lowest BCUT2D eigenvalue weighted by atomic mass is 10.2. The van der Waals surface area contributed by atoms with Crippen LogP contribution in [0.3, 0.4) is 0 Å². The Morgan fingerprint density at radius 3 is 2.50 bits per heavy atom. The van der Waals surface area contributed by atoms with Crippen molar-refractivity contribution in [3.8, 4) is 0 Å². The largest absolute Gasteiger partial charge is 0.137 e. The number of hydrogen-bond donors (Lipinski definition) is 0. The van der Waals surface area contributed by atoms with Crippen LogP contribution in [-0.4, -0.2) is 4.20 Å². The average Bonchev–Trinajstić information content (AvgIpc) is 2.72. The van der Waals surface area contributed by atoms with Gasteiger partial charge < -0.3 is 0 Å². The van der Waals surface area contributed by atoms with Crippen molar-refractivity contribution >= 4 is 39.5 Å². The van der Waals surface area contributed by atoms with Crippen LogP contribution in [0.1, 0.15) is 5.56 Å². The van der Waals surface area contributed by atoms with Gasteiger partial charge in [-0.15, -0.1) is 11.3 Å². The fourth-order valence-electron chi connectivity index (χ4n) is 1.05. The molecule has 2 rings (SSSR count). The summed E-state index contributed by atoms with van der Waals surface area (Å²) in [5, 5.41) is 2.07. The van der Waals surface area contributed by atoms with Crippen molar-refractivity contribution in [2.24, 2.45) is 0 Å². The number of benzene rings is 1. The predicted molar refractivity (Wildman–Crippen MR) is 68.3 cm³/mol. The van der Waals surface area contributed by atoms with Gasteiger partial charge in [-0.05, 0) is 17.0 Å². The molecule has 0 aliphatic carbocycles. The number of hydrogen-bond acceptors (Lipinski definition) is 3. The Balaban J connectivity index is 2.11. The molecule has 1 aromatic heterocycles. The second kappa shape index (κ2) is 4.73. The zero-order valence-electron chi connectivity index (χ0n) is 7.34. The summed E-state index contributed by atoms with van der Waals surface area (Å²) in [6.07, 6.45) is 0. The second-order valence-electron chi connectivity index (χ2n) is 2.69. The highest BCUT2D eigenvalue weighted by molar-refractivity contribution is 8.24. The van der Waals surface area contributed by atoms with Gasteiger partial charge in [-0.2, -0.15) is 0 Å². The summed E-state index contributed by atoms with van der Waals surface area (Å²) >= 11 is 8.71. The monoisotopic (exact) mass is 236 g/mol. The third-order valence-corrected chi connectivity index (χ3v) is 4.14. The normalized spacial score (nSPS) is 10.0. The molecule has 0 fully saturated rings. The maximum atomic E-state index is 5.34. The lowest BCUT2D eigenvalue weighted by Crippen LogP contribution is -1.88. The molecule has 1 heterocycles. The van der Waals surface area contributed by atoms with Gasteiger partial charge in [0.25, 0.3) is 0 Å². The molecule has 14 heavy (non-hydrogen) atoms. The first-order valence-electron chi connectivity index (χ1n) is 4.17. The van der Waals surface area contributed by atoms with Crippen molar-refractivity contribution in [3.05, 3.63) is 53.4 Å². The first-order chi connectivity index (χ1) is 6.86. The molecule has 2 aromatic rings. The molecule has 0 aliphatic heterocycles. The quantitative estimate of drug-likeness (QED) is 0.566. The molecule has 0 radical (unpaired) electrons. The SMILES string of the molecule is S=C(Sc1cccs1)c1ccccc1. The van der Waals surface area contributed by atoms with Crippen LogP contribution in [0.4, 0.5) is 0 Å². The van der Waals surface area contributed by atoms with Crippen molar-refractivity contribution in [1.29, 1.82) is 0 Å². The Labute approximate surface area is 97.0 Å². The van der Waals surface area contributed by atoms with Gasteiger partial charge >= 0.3 is 0 Å². The number of thioether (sulfide) groups is 1. The third kappa shape index (κ3) is 2.44. The van der Waals surface area contributed by atoms with Crippen LogP contribution < -0.4 is 0 Å². The maximum Gasteiger partial charge on any atom is 0.0833 e. The van der Waals surface area contributed by atoms with E-state index in [-0.39, 0.29) is 0 Å². The van der Waals surface area contributed by atoms with Crippen molar-refractivity contribution in [1.82, 2.24) is 0 Å². The molecular formula is C11H8S3. The standard InChI is InChI=1S/C11H8S3/c12-11(9-5-2-1-3-6-9)14-10-7-4-8-13-10/h1-8H. The van der Waals surface area contributed by atoms with Gasteiger partial charge in [0, 0.05) is 0 Å². The first-order valence-corrected chi connectivity index (χ1v) is 6.27. The van der Waals surface area contributed by atoms with E-state index in [9.17, 15) is 0 Å². The fourth-order valence-corrected chi connectivity index (χ4v) is 3.25. The highest BCUT2D eigenvalue weighted by Crippen LogP contribution is 2.27. The van der Waals surface area contributed by atoms with E-state index in [1.54, 1.807) is 23.1 Å². The minimum absolute atomic E-state index is 0.938. The van der Waals surface area contributed by atoms with Gasteiger partial charge in [-0.25, -0.2) is 0 Å². The molecule has 70 valence electrons. The van der Waals surface area contributed by atoms with Crippen LogP contribution in [0.2, 0.25) is 0 Å². The Morgan fingerprint density at radius 2 is 1.86 bits per heavy atom. The van der Waals surface area contributed by atoms with E-state index in [4.69, 9.17) is 12.2 Å². The maximum absolute atomic E-state index is 5.34. The number of rotatable bonds is 2. The van der Waals surface area contributed by atoms with Gasteiger partial charge in [-0.3, -0.25) is 0 Å². The van der Waals surface area contributed by atoms with Crippen LogP contribution in [0, 0.1) is 0 Å². The van der Waals surface area contributed by atoms with E-state index >= 15 is 0 Å². The molecule has 0 saturated carbocycles. The van der Waals surface area contributed by atoms with Crippen molar-refractivity contribution in [2.45, 2.75) is 4.21 Å². The zero-order valence-corrected chi connectivity index (χ0v) is 9.79. The van der Waals surface area contributed by atoms with Crippen molar-refractivity contribution < 1.29 is 0 Å². The van der Waals surface area contributed by atoms with E-state index in [1.165, 1.54) is 4.21 Å². The molecule has 0 unspecified atom stereocenters. The molecule has 0 bridgehead atoms. The smallest absolute Gasteiger partial charge is 0.0833 e. The van der Waals surface area contributed by atoms with Crippen molar-refractivity contribution in [3.63, 3.8) is 0 Å². The van der Waals surface area contributed by atoms with E-state index in [0.717, 1.165) is 9.76 Å². The van der Waals surface area contributed by atoms with E-state index < -0.39 is 0 Å². The van der Waals surface area contributed by atoms with Crippen LogP contribution in [0.15, 0.2) is 52.1 Å². The number of thiophene rings is 1. The Bertz CT molecular complexity index is 403. The zero-order chi connectivity index (χ0) is 9.80. The molecule has 1 aromatic carbocycles. The Morgan fingerprint density at radius 1 is 1.07 bits per heavy atom.